The zero-order valence-electron chi connectivity index (χ0n) is 15.6. The largest absolute Gasteiger partial charge is 0.453 e. The van der Waals surface area contributed by atoms with Gasteiger partial charge in [0.25, 0.3) is 5.82 Å². The first-order valence-corrected chi connectivity index (χ1v) is 9.44. The van der Waals surface area contributed by atoms with Gasteiger partial charge in [-0.15, -0.1) is 15.3 Å². The lowest BCUT2D eigenvalue weighted by atomic mass is 10.2. The number of anilines is 2. The SMILES string of the molecule is FC(F)(F)c1cnc(N2CCCN(c3ccc4nnc(C(F)(F)F)n4n3)CC2)c(Cl)c1. The molecular weight excluding hydrogens is 452 g/mol. The third kappa shape index (κ3) is 4.31. The molecule has 0 N–H and O–H groups in total. The Morgan fingerprint density at radius 1 is 0.871 bits per heavy atom. The molecule has 0 aliphatic carbocycles. The topological polar surface area (TPSA) is 62.5 Å². The number of aromatic nitrogens is 5. The average Bonchev–Trinajstić information content (AvgIpc) is 2.97. The first-order valence-electron chi connectivity index (χ1n) is 9.06. The van der Waals surface area contributed by atoms with E-state index < -0.39 is 23.7 Å². The van der Waals surface area contributed by atoms with Gasteiger partial charge in [-0.1, -0.05) is 11.6 Å². The molecule has 1 saturated heterocycles. The fourth-order valence-corrected chi connectivity index (χ4v) is 3.59. The second kappa shape index (κ2) is 7.70. The smallest absolute Gasteiger partial charge is 0.354 e. The van der Waals surface area contributed by atoms with Crippen LogP contribution in [0.15, 0.2) is 24.4 Å². The fraction of sp³-hybridized carbons (Fsp3) is 0.412. The van der Waals surface area contributed by atoms with Gasteiger partial charge in [0.2, 0.25) is 0 Å². The summed E-state index contributed by atoms with van der Waals surface area (Å²) in [6.07, 6.45) is -7.96. The second-order valence-electron chi connectivity index (χ2n) is 6.84. The number of hydrogen-bond donors (Lipinski definition) is 0. The summed E-state index contributed by atoms with van der Waals surface area (Å²) in [6.45, 7) is 1.61. The molecule has 3 aromatic rings. The Hall–Kier alpha value is -2.83. The molecule has 7 nitrogen and oxygen atoms in total. The highest BCUT2D eigenvalue weighted by molar-refractivity contribution is 6.33. The van der Waals surface area contributed by atoms with Crippen LogP contribution in [0.25, 0.3) is 5.65 Å². The summed E-state index contributed by atoms with van der Waals surface area (Å²) < 4.78 is 78.4. The molecular formula is C17H14ClF6N7. The number of halogens is 7. The van der Waals surface area contributed by atoms with Crippen LogP contribution in [0.1, 0.15) is 17.8 Å². The molecule has 0 spiro atoms. The molecule has 0 aromatic carbocycles. The van der Waals surface area contributed by atoms with Crippen molar-refractivity contribution in [1.29, 1.82) is 0 Å². The molecule has 0 atom stereocenters. The Morgan fingerprint density at radius 2 is 1.58 bits per heavy atom. The van der Waals surface area contributed by atoms with E-state index in [-0.39, 0.29) is 16.5 Å². The normalized spacial score (nSPS) is 16.1. The van der Waals surface area contributed by atoms with Gasteiger partial charge in [0, 0.05) is 32.4 Å². The number of alkyl halides is 6. The molecule has 0 bridgehead atoms. The van der Waals surface area contributed by atoms with E-state index >= 15 is 0 Å². The van der Waals surface area contributed by atoms with Gasteiger partial charge in [-0.05, 0) is 24.6 Å². The first-order chi connectivity index (χ1) is 14.5. The molecule has 14 heteroatoms. The second-order valence-corrected chi connectivity index (χ2v) is 7.24. The maximum Gasteiger partial charge on any atom is 0.453 e. The Balaban J connectivity index is 1.55. The molecule has 4 heterocycles. The lowest BCUT2D eigenvalue weighted by molar-refractivity contribution is -0.146. The van der Waals surface area contributed by atoms with Crippen LogP contribution in [-0.2, 0) is 12.4 Å². The molecule has 0 amide bonds. The predicted molar refractivity (Wildman–Crippen MR) is 99.1 cm³/mol. The number of fused-ring (bicyclic) bond motifs is 1. The zero-order valence-corrected chi connectivity index (χ0v) is 16.4. The van der Waals surface area contributed by atoms with Gasteiger partial charge in [-0.25, -0.2) is 4.98 Å². The minimum absolute atomic E-state index is 0.0340. The van der Waals surface area contributed by atoms with Crippen LogP contribution in [-0.4, -0.2) is 51.0 Å². The monoisotopic (exact) mass is 465 g/mol. The molecule has 31 heavy (non-hydrogen) atoms. The minimum Gasteiger partial charge on any atom is -0.354 e. The molecule has 4 rings (SSSR count). The maximum absolute atomic E-state index is 13.1. The number of nitrogens with zero attached hydrogens (tertiary/aromatic N) is 7. The summed E-state index contributed by atoms with van der Waals surface area (Å²) in [4.78, 5) is 7.39. The lowest BCUT2D eigenvalue weighted by Crippen LogP contribution is -2.32. The third-order valence-corrected chi connectivity index (χ3v) is 5.05. The predicted octanol–water partition coefficient (Wildman–Crippen LogP) is 3.93. The molecule has 1 aliphatic rings. The van der Waals surface area contributed by atoms with Crippen LogP contribution < -0.4 is 9.80 Å². The van der Waals surface area contributed by atoms with Gasteiger partial charge in [0.1, 0.15) is 11.6 Å². The molecule has 0 saturated carbocycles. The molecule has 3 aromatic heterocycles. The number of rotatable bonds is 2. The summed E-state index contributed by atoms with van der Waals surface area (Å²) in [7, 11) is 0. The molecule has 1 fully saturated rings. The van der Waals surface area contributed by atoms with Crippen molar-refractivity contribution in [3.8, 4) is 0 Å². The summed E-state index contributed by atoms with van der Waals surface area (Å²) in [5.41, 5.74) is -0.974. The third-order valence-electron chi connectivity index (χ3n) is 4.77. The van der Waals surface area contributed by atoms with E-state index in [9.17, 15) is 26.3 Å². The highest BCUT2D eigenvalue weighted by Crippen LogP contribution is 2.34. The van der Waals surface area contributed by atoms with Gasteiger partial charge in [-0.3, -0.25) is 0 Å². The van der Waals surface area contributed by atoms with Crippen molar-refractivity contribution >= 4 is 28.9 Å². The van der Waals surface area contributed by atoms with E-state index in [1.807, 2.05) is 0 Å². The van der Waals surface area contributed by atoms with E-state index in [2.05, 4.69) is 20.3 Å². The van der Waals surface area contributed by atoms with Crippen molar-refractivity contribution < 1.29 is 26.3 Å². The van der Waals surface area contributed by atoms with Gasteiger partial charge >= 0.3 is 12.4 Å². The van der Waals surface area contributed by atoms with Crippen LogP contribution in [0.2, 0.25) is 5.02 Å². The van der Waals surface area contributed by atoms with E-state index in [0.717, 1.165) is 12.3 Å². The Bertz CT molecular complexity index is 1100. The van der Waals surface area contributed by atoms with Crippen LogP contribution in [0, 0.1) is 0 Å². The van der Waals surface area contributed by atoms with Crippen LogP contribution in [0.4, 0.5) is 38.0 Å². The Labute approximate surface area is 176 Å². The van der Waals surface area contributed by atoms with E-state index in [1.54, 1.807) is 15.9 Å². The standard InChI is InChI=1S/C17H14ClF6N7/c18-11-8-10(16(19,20)21)9-25-14(11)30-5-1-4-29(6-7-30)13-3-2-12-26-27-15(17(22,23)24)31(12)28-13/h2-3,8-9H,1,4-7H2. The van der Waals surface area contributed by atoms with Crippen LogP contribution >= 0.6 is 11.6 Å². The van der Waals surface area contributed by atoms with Gasteiger partial charge in [-0.2, -0.15) is 30.9 Å². The highest BCUT2D eigenvalue weighted by Gasteiger charge is 2.38. The van der Waals surface area contributed by atoms with E-state index in [1.165, 1.54) is 6.07 Å². The van der Waals surface area contributed by atoms with Gasteiger partial charge < -0.3 is 9.80 Å². The molecule has 0 unspecified atom stereocenters. The van der Waals surface area contributed by atoms with Crippen LogP contribution in [0.3, 0.4) is 0 Å². The Kier molecular flexibility index (Phi) is 5.31. The van der Waals surface area contributed by atoms with Crippen molar-refractivity contribution in [2.24, 2.45) is 0 Å². The van der Waals surface area contributed by atoms with Gasteiger partial charge in [0.15, 0.2) is 5.65 Å². The minimum atomic E-state index is -4.70. The summed E-state index contributed by atoms with van der Waals surface area (Å²) in [5, 5.41) is 10.5. The first kappa shape index (κ1) is 21.4. The van der Waals surface area contributed by atoms with Crippen molar-refractivity contribution in [1.82, 2.24) is 24.8 Å². The van der Waals surface area contributed by atoms with Crippen molar-refractivity contribution in [2.45, 2.75) is 18.8 Å². The molecule has 0 radical (unpaired) electrons. The van der Waals surface area contributed by atoms with Crippen molar-refractivity contribution in [3.63, 3.8) is 0 Å². The summed E-state index contributed by atoms with van der Waals surface area (Å²) in [5.74, 6) is -0.703. The maximum atomic E-state index is 13.1. The van der Waals surface area contributed by atoms with Gasteiger partial charge in [0.05, 0.1) is 10.6 Å². The lowest BCUT2D eigenvalue weighted by Gasteiger charge is -2.24. The fourth-order valence-electron chi connectivity index (χ4n) is 3.30. The van der Waals surface area contributed by atoms with Crippen molar-refractivity contribution in [2.75, 3.05) is 36.0 Å². The van der Waals surface area contributed by atoms with Crippen molar-refractivity contribution in [3.05, 3.63) is 40.8 Å². The Morgan fingerprint density at radius 3 is 2.26 bits per heavy atom. The van der Waals surface area contributed by atoms with E-state index in [0.29, 0.717) is 42.9 Å². The number of pyridine rings is 1. The summed E-state index contributed by atoms with van der Waals surface area (Å²) in [6, 6.07) is 3.76. The van der Waals surface area contributed by atoms with Crippen LogP contribution in [0.5, 0.6) is 0 Å². The average molecular weight is 466 g/mol. The quantitative estimate of drug-likeness (QED) is 0.535. The molecule has 166 valence electrons. The summed E-state index contributed by atoms with van der Waals surface area (Å²) >= 11 is 6.03. The zero-order chi connectivity index (χ0) is 22.4. The molecule has 1 aliphatic heterocycles. The van der Waals surface area contributed by atoms with E-state index in [4.69, 9.17) is 11.6 Å². The highest BCUT2D eigenvalue weighted by atomic mass is 35.5. The number of hydrogen-bond acceptors (Lipinski definition) is 6.